The number of carbonyl (C=O) groups excluding carboxylic acids is 1. The van der Waals surface area contributed by atoms with Gasteiger partial charge in [0.1, 0.15) is 18.1 Å². The van der Waals surface area contributed by atoms with Gasteiger partial charge in [0.15, 0.2) is 5.58 Å². The fourth-order valence-corrected chi connectivity index (χ4v) is 3.02. The fraction of sp³-hybridized carbons (Fsp3) is 0.429. The second-order valence-corrected chi connectivity index (χ2v) is 6.92. The van der Waals surface area contributed by atoms with Crippen LogP contribution in [0.4, 0.5) is 0 Å². The molecule has 1 heterocycles. The number of aromatic nitrogens is 1. The summed E-state index contributed by atoms with van der Waals surface area (Å²) < 4.78 is 11.3. The average molecular weight is 354 g/mol. The van der Waals surface area contributed by atoms with Crippen LogP contribution in [-0.4, -0.2) is 43.1 Å². The van der Waals surface area contributed by atoms with Crippen LogP contribution in [-0.2, 0) is 11.2 Å². The molecule has 138 valence electrons. The van der Waals surface area contributed by atoms with Crippen molar-refractivity contribution in [1.29, 1.82) is 0 Å². The Morgan fingerprint density at radius 1 is 1.23 bits per heavy atom. The summed E-state index contributed by atoms with van der Waals surface area (Å²) in [5.41, 5.74) is 1.45. The van der Waals surface area contributed by atoms with E-state index in [1.807, 2.05) is 44.4 Å². The minimum Gasteiger partial charge on any atom is -0.492 e. The van der Waals surface area contributed by atoms with Gasteiger partial charge in [0, 0.05) is 13.0 Å². The minimum atomic E-state index is 0.211. The Kier molecular flexibility index (Phi) is 5.89. The fourth-order valence-electron chi connectivity index (χ4n) is 3.02. The largest absolute Gasteiger partial charge is 0.492 e. The van der Waals surface area contributed by atoms with Crippen molar-refractivity contribution in [3.63, 3.8) is 0 Å². The minimum absolute atomic E-state index is 0.211. The summed E-state index contributed by atoms with van der Waals surface area (Å²) in [5, 5.41) is 7.19. The van der Waals surface area contributed by atoms with Gasteiger partial charge in [-0.1, -0.05) is 24.6 Å². The third kappa shape index (κ3) is 4.22. The molecule has 26 heavy (non-hydrogen) atoms. The highest BCUT2D eigenvalue weighted by Crippen LogP contribution is 2.31. The molecule has 0 aliphatic heterocycles. The predicted molar refractivity (Wildman–Crippen MR) is 104 cm³/mol. The van der Waals surface area contributed by atoms with Crippen LogP contribution in [0.15, 0.2) is 34.9 Å². The Balaban J connectivity index is 1.87. The summed E-state index contributed by atoms with van der Waals surface area (Å²) in [6.07, 6.45) is 2.86. The summed E-state index contributed by atoms with van der Waals surface area (Å²) in [5.74, 6) is 1.05. The standard InChI is InChI=1S/C21H26N2O3/c1-4-5-6-16(24)14-19-21-18-9-8-17(25-12-11-23(2)3)13-15(18)7-10-20(21)26-22-19/h7-10,13H,4-6,11-12,14H2,1-3H3. The van der Waals surface area contributed by atoms with Crippen LogP contribution in [0.5, 0.6) is 5.75 Å². The first kappa shape index (κ1) is 18.4. The van der Waals surface area contributed by atoms with Crippen LogP contribution >= 0.6 is 0 Å². The number of carbonyl (C=O) groups is 1. The van der Waals surface area contributed by atoms with Crippen molar-refractivity contribution in [2.75, 3.05) is 27.2 Å². The normalized spacial score (nSPS) is 11.5. The number of rotatable bonds is 9. The van der Waals surface area contributed by atoms with Crippen LogP contribution in [0, 0.1) is 0 Å². The van der Waals surface area contributed by atoms with Gasteiger partial charge in [-0.05, 0) is 55.6 Å². The Labute approximate surface area is 153 Å². The third-order valence-electron chi connectivity index (χ3n) is 4.48. The van der Waals surface area contributed by atoms with E-state index in [0.29, 0.717) is 19.4 Å². The molecule has 5 heteroatoms. The van der Waals surface area contributed by atoms with E-state index in [2.05, 4.69) is 17.0 Å². The molecule has 0 amide bonds. The van der Waals surface area contributed by atoms with Gasteiger partial charge in [-0.2, -0.15) is 0 Å². The highest BCUT2D eigenvalue weighted by atomic mass is 16.5. The maximum Gasteiger partial charge on any atom is 0.167 e. The van der Waals surface area contributed by atoms with E-state index in [0.717, 1.165) is 52.6 Å². The Morgan fingerprint density at radius 3 is 2.85 bits per heavy atom. The smallest absolute Gasteiger partial charge is 0.167 e. The maximum absolute atomic E-state index is 12.2. The maximum atomic E-state index is 12.2. The second kappa shape index (κ2) is 8.32. The molecule has 0 spiro atoms. The summed E-state index contributed by atoms with van der Waals surface area (Å²) in [7, 11) is 4.05. The molecule has 0 atom stereocenters. The molecule has 0 radical (unpaired) electrons. The van der Waals surface area contributed by atoms with Crippen molar-refractivity contribution >= 4 is 27.5 Å². The molecule has 0 N–H and O–H groups in total. The number of Topliss-reactive ketones (excluding diaryl/α,β-unsaturated/α-hetero) is 1. The Bertz CT molecular complexity index is 899. The van der Waals surface area contributed by atoms with Crippen LogP contribution < -0.4 is 4.74 Å². The van der Waals surface area contributed by atoms with E-state index in [-0.39, 0.29) is 5.78 Å². The quantitative estimate of drug-likeness (QED) is 0.576. The van der Waals surface area contributed by atoms with Gasteiger partial charge in [0.2, 0.25) is 0 Å². The van der Waals surface area contributed by atoms with Gasteiger partial charge in [0.05, 0.1) is 17.5 Å². The number of likely N-dealkylation sites (N-methyl/N-ethyl adjacent to an activating group) is 1. The first-order chi connectivity index (χ1) is 12.6. The highest BCUT2D eigenvalue weighted by molar-refractivity contribution is 6.08. The van der Waals surface area contributed by atoms with Crippen molar-refractivity contribution < 1.29 is 14.1 Å². The highest BCUT2D eigenvalue weighted by Gasteiger charge is 2.15. The predicted octanol–water partition coefficient (Wildman–Crippen LogP) is 4.22. The van der Waals surface area contributed by atoms with Crippen LogP contribution in [0.1, 0.15) is 31.9 Å². The van der Waals surface area contributed by atoms with Crippen molar-refractivity contribution in [2.24, 2.45) is 0 Å². The van der Waals surface area contributed by atoms with Gasteiger partial charge in [-0.3, -0.25) is 4.79 Å². The lowest BCUT2D eigenvalue weighted by atomic mass is 10.0. The monoisotopic (exact) mass is 354 g/mol. The summed E-state index contributed by atoms with van der Waals surface area (Å²) in [6.45, 7) is 3.60. The lowest BCUT2D eigenvalue weighted by Gasteiger charge is -2.11. The molecule has 0 aliphatic rings. The first-order valence-electron chi connectivity index (χ1n) is 9.18. The molecule has 0 aliphatic carbocycles. The van der Waals surface area contributed by atoms with Gasteiger partial charge in [0.25, 0.3) is 0 Å². The van der Waals surface area contributed by atoms with E-state index in [4.69, 9.17) is 9.26 Å². The van der Waals surface area contributed by atoms with Gasteiger partial charge < -0.3 is 14.2 Å². The van der Waals surface area contributed by atoms with Crippen LogP contribution in [0.3, 0.4) is 0 Å². The SMILES string of the molecule is CCCCC(=O)Cc1noc2ccc3cc(OCCN(C)C)ccc3c12. The molecule has 0 saturated carbocycles. The van der Waals surface area contributed by atoms with E-state index in [1.54, 1.807) is 0 Å². The zero-order valence-electron chi connectivity index (χ0n) is 15.7. The van der Waals surface area contributed by atoms with Gasteiger partial charge >= 0.3 is 0 Å². The number of unbranched alkanes of at least 4 members (excludes halogenated alkanes) is 1. The summed E-state index contributed by atoms with van der Waals surface area (Å²) in [4.78, 5) is 14.3. The van der Waals surface area contributed by atoms with Gasteiger partial charge in [-0.25, -0.2) is 0 Å². The number of nitrogens with zero attached hydrogens (tertiary/aromatic N) is 2. The second-order valence-electron chi connectivity index (χ2n) is 6.92. The summed E-state index contributed by atoms with van der Waals surface area (Å²) in [6, 6.07) is 9.94. The summed E-state index contributed by atoms with van der Waals surface area (Å²) >= 11 is 0. The molecular weight excluding hydrogens is 328 g/mol. The lowest BCUT2D eigenvalue weighted by Crippen LogP contribution is -2.19. The molecule has 3 rings (SSSR count). The molecule has 0 saturated heterocycles. The zero-order valence-corrected chi connectivity index (χ0v) is 15.7. The molecule has 0 bridgehead atoms. The van der Waals surface area contributed by atoms with Crippen LogP contribution in [0.2, 0.25) is 0 Å². The number of benzene rings is 2. The number of ether oxygens (including phenoxy) is 1. The average Bonchev–Trinajstić information content (AvgIpc) is 3.02. The van der Waals surface area contributed by atoms with Crippen molar-refractivity contribution in [2.45, 2.75) is 32.6 Å². The number of hydrogen-bond acceptors (Lipinski definition) is 5. The van der Waals surface area contributed by atoms with E-state index >= 15 is 0 Å². The Morgan fingerprint density at radius 2 is 2.08 bits per heavy atom. The molecular formula is C21H26N2O3. The zero-order chi connectivity index (χ0) is 18.5. The first-order valence-corrected chi connectivity index (χ1v) is 9.18. The molecule has 5 nitrogen and oxygen atoms in total. The van der Waals surface area contributed by atoms with Crippen molar-refractivity contribution in [3.05, 3.63) is 36.0 Å². The number of hydrogen-bond donors (Lipinski definition) is 0. The number of fused-ring (bicyclic) bond motifs is 3. The topological polar surface area (TPSA) is 55.6 Å². The third-order valence-corrected chi connectivity index (χ3v) is 4.48. The Hall–Kier alpha value is -2.40. The van der Waals surface area contributed by atoms with Gasteiger partial charge in [-0.15, -0.1) is 0 Å². The molecule has 1 aromatic heterocycles. The molecule has 3 aromatic rings. The van der Waals surface area contributed by atoms with E-state index in [9.17, 15) is 4.79 Å². The number of ketones is 1. The van der Waals surface area contributed by atoms with Crippen LogP contribution in [0.25, 0.3) is 21.7 Å². The lowest BCUT2D eigenvalue weighted by molar-refractivity contribution is -0.118. The molecule has 2 aromatic carbocycles. The molecule has 0 unspecified atom stereocenters. The van der Waals surface area contributed by atoms with E-state index < -0.39 is 0 Å². The van der Waals surface area contributed by atoms with Crippen molar-refractivity contribution in [1.82, 2.24) is 10.1 Å². The molecule has 0 fully saturated rings. The van der Waals surface area contributed by atoms with E-state index in [1.165, 1.54) is 0 Å². The van der Waals surface area contributed by atoms with Crippen molar-refractivity contribution in [3.8, 4) is 5.75 Å².